The van der Waals surface area contributed by atoms with E-state index in [0.717, 1.165) is 5.56 Å². The monoisotopic (exact) mass is 210 g/mol. The van der Waals surface area contributed by atoms with Gasteiger partial charge in [0.25, 0.3) is 0 Å². The molecule has 0 saturated heterocycles. The second-order valence-electron chi connectivity index (χ2n) is 2.88. The van der Waals surface area contributed by atoms with E-state index >= 15 is 0 Å². The molecule has 0 spiro atoms. The number of carboxylic acid groups (broad SMARTS) is 1. The molecule has 1 N–H and O–H groups in total. The van der Waals surface area contributed by atoms with Crippen molar-refractivity contribution < 1.29 is 14.6 Å². The average molecular weight is 211 g/mol. The Kier molecular flexibility index (Phi) is 2.17. The van der Waals surface area contributed by atoms with Crippen LogP contribution in [0.15, 0.2) is 29.8 Å². The predicted molar refractivity (Wildman–Crippen MR) is 52.3 cm³/mol. The first-order chi connectivity index (χ1) is 6.68. The Labute approximate surface area is 85.6 Å². The maximum atomic E-state index is 10.7. The molecule has 1 aromatic rings. The van der Waals surface area contributed by atoms with E-state index in [0.29, 0.717) is 5.75 Å². The van der Waals surface area contributed by atoms with Gasteiger partial charge in [-0.3, -0.25) is 0 Å². The van der Waals surface area contributed by atoms with Crippen molar-refractivity contribution in [2.45, 2.75) is 5.56 Å². The maximum Gasteiger partial charge on any atom is 0.336 e. The third-order valence-electron chi connectivity index (χ3n) is 1.95. The number of para-hydroxylation sites is 1. The molecule has 3 nitrogen and oxygen atoms in total. The third-order valence-corrected chi connectivity index (χ3v) is 2.28. The molecule has 1 heterocycles. The molecule has 0 radical (unpaired) electrons. The lowest BCUT2D eigenvalue weighted by Gasteiger charge is -2.20. The van der Waals surface area contributed by atoms with Gasteiger partial charge in [-0.15, -0.1) is 0 Å². The smallest absolute Gasteiger partial charge is 0.336 e. The Morgan fingerprint density at radius 2 is 2.14 bits per heavy atom. The topological polar surface area (TPSA) is 46.5 Å². The second-order valence-corrected chi connectivity index (χ2v) is 3.27. The fourth-order valence-corrected chi connectivity index (χ4v) is 1.53. The Hall–Kier alpha value is -1.48. The summed E-state index contributed by atoms with van der Waals surface area (Å²) >= 11 is 5.73. The highest BCUT2D eigenvalue weighted by Crippen LogP contribution is 2.30. The van der Waals surface area contributed by atoms with E-state index in [1.54, 1.807) is 12.1 Å². The van der Waals surface area contributed by atoms with Crippen LogP contribution in [0.25, 0.3) is 6.08 Å². The fraction of sp³-hybridized carbons (Fsp3) is 0.100. The summed E-state index contributed by atoms with van der Waals surface area (Å²) in [6, 6.07) is 7.15. The van der Waals surface area contributed by atoms with E-state index in [-0.39, 0.29) is 5.57 Å². The van der Waals surface area contributed by atoms with Gasteiger partial charge in [0, 0.05) is 5.56 Å². The van der Waals surface area contributed by atoms with E-state index in [1.807, 2.05) is 12.1 Å². The number of carboxylic acids is 1. The molecule has 72 valence electrons. The number of halogens is 1. The van der Waals surface area contributed by atoms with Crippen molar-refractivity contribution in [3.8, 4) is 5.75 Å². The highest BCUT2D eigenvalue weighted by atomic mass is 35.5. The van der Waals surface area contributed by atoms with Gasteiger partial charge in [-0.25, -0.2) is 4.79 Å². The molecule has 0 fully saturated rings. The summed E-state index contributed by atoms with van der Waals surface area (Å²) in [5.41, 5.74) is -0.116. The fourth-order valence-electron chi connectivity index (χ4n) is 1.27. The van der Waals surface area contributed by atoms with Crippen LogP contribution >= 0.6 is 11.6 Å². The van der Waals surface area contributed by atoms with E-state index in [4.69, 9.17) is 21.4 Å². The van der Waals surface area contributed by atoms with E-state index < -0.39 is 11.5 Å². The predicted octanol–water partition coefficient (Wildman–Crippen LogP) is 2.11. The largest absolute Gasteiger partial charge is 0.478 e. The van der Waals surface area contributed by atoms with E-state index in [9.17, 15) is 4.79 Å². The summed E-state index contributed by atoms with van der Waals surface area (Å²) < 4.78 is 5.22. The molecule has 0 aliphatic carbocycles. The van der Waals surface area contributed by atoms with Gasteiger partial charge in [0.05, 0.1) is 5.57 Å². The molecule has 0 amide bonds. The number of rotatable bonds is 1. The van der Waals surface area contributed by atoms with E-state index in [2.05, 4.69) is 0 Å². The van der Waals surface area contributed by atoms with Crippen LogP contribution in [0.1, 0.15) is 5.56 Å². The lowest BCUT2D eigenvalue weighted by atomic mass is 10.1. The number of ether oxygens (including phenoxy) is 1. The zero-order valence-electron chi connectivity index (χ0n) is 7.11. The zero-order valence-corrected chi connectivity index (χ0v) is 7.86. The first kappa shape index (κ1) is 9.09. The van der Waals surface area contributed by atoms with Gasteiger partial charge >= 0.3 is 5.97 Å². The first-order valence-corrected chi connectivity index (χ1v) is 4.47. The second kappa shape index (κ2) is 3.35. The Bertz CT molecular complexity index is 412. The highest BCUT2D eigenvalue weighted by molar-refractivity contribution is 6.25. The molecule has 0 bridgehead atoms. The first-order valence-electron chi connectivity index (χ1n) is 4.03. The summed E-state index contributed by atoms with van der Waals surface area (Å²) in [5, 5.41) is 8.80. The standard InChI is InChI=1S/C10H7ClO3/c11-9-7(10(12)13)5-6-3-1-2-4-8(6)14-9/h1-5,9H,(H,12,13). The van der Waals surface area contributed by atoms with Crippen molar-refractivity contribution in [3.05, 3.63) is 35.4 Å². The maximum absolute atomic E-state index is 10.7. The lowest BCUT2D eigenvalue weighted by molar-refractivity contribution is -0.133. The van der Waals surface area contributed by atoms with E-state index in [1.165, 1.54) is 6.08 Å². The van der Waals surface area contributed by atoms with Crippen LogP contribution < -0.4 is 4.74 Å². The van der Waals surface area contributed by atoms with Crippen molar-refractivity contribution in [1.29, 1.82) is 0 Å². The number of benzene rings is 1. The molecular weight excluding hydrogens is 204 g/mol. The normalized spacial score (nSPS) is 19.2. The molecule has 4 heteroatoms. The van der Waals surface area contributed by atoms with Gasteiger partial charge < -0.3 is 9.84 Å². The van der Waals surface area contributed by atoms with Crippen LogP contribution in [-0.2, 0) is 4.79 Å². The van der Waals surface area contributed by atoms with Crippen LogP contribution in [0.4, 0.5) is 0 Å². The van der Waals surface area contributed by atoms with Gasteiger partial charge in [0.15, 0.2) is 0 Å². The Balaban J connectivity index is 2.49. The highest BCUT2D eigenvalue weighted by Gasteiger charge is 2.24. The molecule has 14 heavy (non-hydrogen) atoms. The number of carbonyl (C=O) groups is 1. The van der Waals surface area contributed by atoms with Crippen molar-refractivity contribution in [1.82, 2.24) is 0 Å². The summed E-state index contributed by atoms with van der Waals surface area (Å²) in [6.45, 7) is 0. The summed E-state index contributed by atoms with van der Waals surface area (Å²) in [6.07, 6.45) is 1.53. The zero-order chi connectivity index (χ0) is 10.1. The SMILES string of the molecule is O=C(O)C1=Cc2ccccc2OC1Cl. The summed E-state index contributed by atoms with van der Waals surface area (Å²) in [7, 11) is 0. The number of fused-ring (bicyclic) bond motifs is 1. The Morgan fingerprint density at radius 3 is 2.86 bits per heavy atom. The van der Waals surface area contributed by atoms with Gasteiger partial charge in [-0.1, -0.05) is 29.8 Å². The number of aliphatic carboxylic acids is 1. The summed E-state index contributed by atoms with van der Waals surface area (Å²) in [5.74, 6) is -0.447. The van der Waals surface area contributed by atoms with Crippen LogP contribution in [0.3, 0.4) is 0 Å². The summed E-state index contributed by atoms with van der Waals surface area (Å²) in [4.78, 5) is 10.7. The Morgan fingerprint density at radius 1 is 1.43 bits per heavy atom. The minimum atomic E-state index is -1.06. The molecule has 0 saturated carbocycles. The number of hydrogen-bond acceptors (Lipinski definition) is 2. The quantitative estimate of drug-likeness (QED) is 0.723. The number of hydrogen-bond donors (Lipinski definition) is 1. The molecule has 2 rings (SSSR count). The van der Waals surface area contributed by atoms with Crippen LogP contribution in [0.5, 0.6) is 5.75 Å². The molecule has 1 atom stereocenters. The lowest BCUT2D eigenvalue weighted by Crippen LogP contribution is -2.21. The van der Waals surface area contributed by atoms with Crippen molar-refractivity contribution in [3.63, 3.8) is 0 Å². The van der Waals surface area contributed by atoms with Crippen LogP contribution in [-0.4, -0.2) is 16.6 Å². The minimum Gasteiger partial charge on any atom is -0.478 e. The van der Waals surface area contributed by atoms with Crippen LogP contribution in [0.2, 0.25) is 0 Å². The molecule has 1 aliphatic rings. The molecule has 1 aliphatic heterocycles. The van der Waals surface area contributed by atoms with Gasteiger partial charge in [-0.05, 0) is 12.1 Å². The molecule has 1 aromatic carbocycles. The van der Waals surface area contributed by atoms with Gasteiger partial charge in [0.2, 0.25) is 5.56 Å². The number of alkyl halides is 1. The molecular formula is C10H7ClO3. The van der Waals surface area contributed by atoms with Crippen LogP contribution in [0, 0.1) is 0 Å². The minimum absolute atomic E-state index is 0.0605. The van der Waals surface area contributed by atoms with Gasteiger partial charge in [0.1, 0.15) is 5.75 Å². The van der Waals surface area contributed by atoms with Gasteiger partial charge in [-0.2, -0.15) is 0 Å². The van der Waals surface area contributed by atoms with Crippen molar-refractivity contribution in [2.24, 2.45) is 0 Å². The van der Waals surface area contributed by atoms with Crippen molar-refractivity contribution >= 4 is 23.6 Å². The molecule has 0 aromatic heterocycles. The van der Waals surface area contributed by atoms with Crippen molar-refractivity contribution in [2.75, 3.05) is 0 Å². The average Bonchev–Trinajstić information content (AvgIpc) is 2.16. The third kappa shape index (κ3) is 1.46. The molecule has 1 unspecified atom stereocenters.